The second kappa shape index (κ2) is 5.23. The van der Waals surface area contributed by atoms with Crippen LogP contribution in [0.1, 0.15) is 5.69 Å². The third-order valence-corrected chi connectivity index (χ3v) is 7.90. The van der Waals surface area contributed by atoms with E-state index in [0.717, 1.165) is 11.3 Å². The molecule has 0 radical (unpaired) electrons. The molecule has 18 heavy (non-hydrogen) atoms. The number of thiophene rings is 1. The van der Waals surface area contributed by atoms with Crippen LogP contribution in [0.15, 0.2) is 27.5 Å². The minimum Gasteiger partial charge on any atom is -0.336 e. The largest absolute Gasteiger partial charge is 0.336 e. The van der Waals surface area contributed by atoms with Crippen molar-refractivity contribution >= 4 is 75.0 Å². The molecule has 0 atom stereocenters. The van der Waals surface area contributed by atoms with E-state index in [0.29, 0.717) is 18.4 Å². The van der Waals surface area contributed by atoms with E-state index in [9.17, 15) is 8.42 Å². The van der Waals surface area contributed by atoms with Crippen LogP contribution < -0.4 is 4.72 Å². The Bertz CT molecular complexity index is 673. The van der Waals surface area contributed by atoms with Crippen LogP contribution in [0.3, 0.4) is 0 Å². The molecule has 2 aromatic heterocycles. The number of sulfonamides is 1. The number of aromatic nitrogens is 1. The van der Waals surface area contributed by atoms with Crippen molar-refractivity contribution in [1.82, 2.24) is 5.16 Å². The van der Waals surface area contributed by atoms with Crippen LogP contribution in [0.5, 0.6) is 0 Å². The molecule has 98 valence electrons. The lowest BCUT2D eigenvalue weighted by molar-refractivity contribution is 0.430. The second-order valence-electron chi connectivity index (χ2n) is 3.20. The minimum atomic E-state index is -3.68. The second-order valence-corrected chi connectivity index (χ2v) is 9.13. The summed E-state index contributed by atoms with van der Waals surface area (Å²) in [6.07, 6.45) is 0. The summed E-state index contributed by atoms with van der Waals surface area (Å²) in [6, 6.07) is 1.51. The summed E-state index contributed by atoms with van der Waals surface area (Å²) in [5, 5.41) is 3.65. The van der Waals surface area contributed by atoms with Gasteiger partial charge in [-0.15, -0.1) is 11.3 Å². The van der Waals surface area contributed by atoms with Gasteiger partial charge in [-0.05, 0) is 60.8 Å². The van der Waals surface area contributed by atoms with Gasteiger partial charge in [-0.1, -0.05) is 5.16 Å². The molecule has 0 aliphatic carbocycles. The van der Waals surface area contributed by atoms with E-state index in [1.807, 2.05) is 0 Å². The van der Waals surface area contributed by atoms with Crippen molar-refractivity contribution in [1.29, 1.82) is 0 Å². The molecular formula is C8H5Br3N2O3S2. The molecule has 10 heteroatoms. The highest BCUT2D eigenvalue weighted by Gasteiger charge is 2.22. The average Bonchev–Trinajstić information content (AvgIpc) is 2.77. The summed E-state index contributed by atoms with van der Waals surface area (Å²) in [5.74, 6) is 0.0631. The lowest BCUT2D eigenvalue weighted by atomic mass is 10.5. The van der Waals surface area contributed by atoms with Gasteiger partial charge in [0, 0.05) is 4.47 Å². The van der Waals surface area contributed by atoms with E-state index in [2.05, 4.69) is 57.7 Å². The molecule has 0 spiro atoms. The Hall–Kier alpha value is 0.100. The molecule has 0 aliphatic heterocycles. The molecule has 0 bridgehead atoms. The molecule has 1 N–H and O–H groups in total. The molecule has 2 heterocycles. The number of hydrogen-bond donors (Lipinski definition) is 1. The lowest BCUT2D eigenvalue weighted by Crippen LogP contribution is -2.11. The molecule has 0 saturated heterocycles. The van der Waals surface area contributed by atoms with E-state index >= 15 is 0 Å². The lowest BCUT2D eigenvalue weighted by Gasteiger charge is -2.01. The zero-order valence-electron chi connectivity index (χ0n) is 8.70. The fourth-order valence-corrected chi connectivity index (χ4v) is 5.24. The van der Waals surface area contributed by atoms with Crippen LogP contribution >= 0.6 is 59.1 Å². The predicted octanol–water partition coefficient (Wildman–Crippen LogP) is 4.13. The van der Waals surface area contributed by atoms with Crippen molar-refractivity contribution in [3.05, 3.63) is 24.5 Å². The standard InChI is InChI=1S/C8H5Br3N2O3S2/c1-3-6(10)8(16-12-3)13-18(14,15)5-2-4(9)7(11)17-5/h2,13H,1H3. The SMILES string of the molecule is Cc1noc(NS(=O)(=O)c2cc(Br)c(Br)s2)c1Br. The normalized spacial score (nSPS) is 11.8. The van der Waals surface area contributed by atoms with Gasteiger partial charge in [-0.25, -0.2) is 13.1 Å². The van der Waals surface area contributed by atoms with E-state index in [4.69, 9.17) is 4.52 Å². The van der Waals surface area contributed by atoms with Crippen molar-refractivity contribution in [2.24, 2.45) is 0 Å². The number of halogens is 3. The summed E-state index contributed by atoms with van der Waals surface area (Å²) in [6.45, 7) is 1.70. The fraction of sp³-hybridized carbons (Fsp3) is 0.125. The van der Waals surface area contributed by atoms with Gasteiger partial charge in [-0.3, -0.25) is 0 Å². The monoisotopic (exact) mass is 478 g/mol. The summed E-state index contributed by atoms with van der Waals surface area (Å²) in [5.41, 5.74) is 0.571. The Labute approximate surface area is 132 Å². The molecule has 2 aromatic rings. The number of aryl methyl sites for hydroxylation is 1. The van der Waals surface area contributed by atoms with Crippen LogP contribution in [-0.2, 0) is 10.0 Å². The van der Waals surface area contributed by atoms with Gasteiger partial charge in [0.2, 0.25) is 0 Å². The molecule has 0 aromatic carbocycles. The van der Waals surface area contributed by atoms with E-state index in [-0.39, 0.29) is 10.1 Å². The number of nitrogens with zero attached hydrogens (tertiary/aromatic N) is 1. The van der Waals surface area contributed by atoms with Gasteiger partial charge >= 0.3 is 0 Å². The summed E-state index contributed by atoms with van der Waals surface area (Å²) < 4.78 is 33.4. The summed E-state index contributed by atoms with van der Waals surface area (Å²) >= 11 is 10.8. The molecule has 0 fully saturated rings. The highest BCUT2D eigenvalue weighted by atomic mass is 79.9. The van der Waals surface area contributed by atoms with Crippen LogP contribution in [0.25, 0.3) is 0 Å². The zero-order chi connectivity index (χ0) is 13.5. The Balaban J connectivity index is 2.36. The van der Waals surface area contributed by atoms with Gasteiger partial charge < -0.3 is 4.52 Å². The van der Waals surface area contributed by atoms with E-state index in [1.165, 1.54) is 6.07 Å². The third-order valence-electron chi connectivity index (χ3n) is 1.91. The van der Waals surface area contributed by atoms with Gasteiger partial charge in [0.25, 0.3) is 15.9 Å². The number of hydrogen-bond acceptors (Lipinski definition) is 5. The molecule has 2 rings (SSSR count). The smallest absolute Gasteiger partial charge is 0.273 e. The van der Waals surface area contributed by atoms with Crippen LogP contribution in [-0.4, -0.2) is 13.6 Å². The van der Waals surface area contributed by atoms with Crippen molar-refractivity contribution in [2.75, 3.05) is 4.72 Å². The van der Waals surface area contributed by atoms with Crippen LogP contribution in [0.4, 0.5) is 5.88 Å². The maximum atomic E-state index is 12.1. The Kier molecular flexibility index (Phi) is 4.22. The van der Waals surface area contributed by atoms with Crippen molar-refractivity contribution in [3.8, 4) is 0 Å². The molecule has 0 saturated carbocycles. The maximum absolute atomic E-state index is 12.1. The van der Waals surface area contributed by atoms with E-state index < -0.39 is 10.0 Å². The Morgan fingerprint density at radius 1 is 1.39 bits per heavy atom. The predicted molar refractivity (Wildman–Crippen MR) is 79.5 cm³/mol. The third kappa shape index (κ3) is 2.82. The first kappa shape index (κ1) is 14.5. The van der Waals surface area contributed by atoms with Gasteiger partial charge in [-0.2, -0.15) is 0 Å². The quantitative estimate of drug-likeness (QED) is 0.717. The molecule has 5 nitrogen and oxygen atoms in total. The first-order chi connectivity index (χ1) is 8.31. The Morgan fingerprint density at radius 3 is 2.50 bits per heavy atom. The highest BCUT2D eigenvalue weighted by molar-refractivity contribution is 9.13. The Morgan fingerprint density at radius 2 is 2.06 bits per heavy atom. The zero-order valence-corrected chi connectivity index (χ0v) is 15.1. The number of nitrogens with one attached hydrogen (secondary N) is 1. The van der Waals surface area contributed by atoms with Gasteiger partial charge in [0.05, 0.1) is 9.48 Å². The highest BCUT2D eigenvalue weighted by Crippen LogP contribution is 2.36. The first-order valence-electron chi connectivity index (χ1n) is 4.40. The van der Waals surface area contributed by atoms with Crippen LogP contribution in [0.2, 0.25) is 0 Å². The average molecular weight is 481 g/mol. The first-order valence-corrected chi connectivity index (χ1v) is 9.08. The molecule has 0 unspecified atom stereocenters. The fourth-order valence-electron chi connectivity index (χ4n) is 1.05. The molecular weight excluding hydrogens is 476 g/mol. The molecule has 0 amide bonds. The number of anilines is 1. The van der Waals surface area contributed by atoms with Crippen LogP contribution in [0, 0.1) is 6.92 Å². The summed E-state index contributed by atoms with van der Waals surface area (Å²) in [7, 11) is -3.68. The molecule has 0 aliphatic rings. The van der Waals surface area contributed by atoms with E-state index in [1.54, 1.807) is 6.92 Å². The van der Waals surface area contributed by atoms with Gasteiger partial charge in [0.15, 0.2) is 0 Å². The van der Waals surface area contributed by atoms with Crippen molar-refractivity contribution in [3.63, 3.8) is 0 Å². The van der Waals surface area contributed by atoms with Crippen molar-refractivity contribution < 1.29 is 12.9 Å². The maximum Gasteiger partial charge on any atom is 0.273 e. The van der Waals surface area contributed by atoms with Gasteiger partial charge in [0.1, 0.15) is 8.68 Å². The van der Waals surface area contributed by atoms with Crippen molar-refractivity contribution in [2.45, 2.75) is 11.1 Å². The topological polar surface area (TPSA) is 72.2 Å². The number of rotatable bonds is 3. The summed E-state index contributed by atoms with van der Waals surface area (Å²) in [4.78, 5) is 0. The minimum absolute atomic E-state index is 0.0631.